The van der Waals surface area contributed by atoms with Crippen LogP contribution in [0, 0.1) is 12.7 Å². The van der Waals surface area contributed by atoms with Crippen molar-refractivity contribution in [3.63, 3.8) is 0 Å². The first kappa shape index (κ1) is 22.4. The summed E-state index contributed by atoms with van der Waals surface area (Å²) < 4.78 is 69.5. The zero-order chi connectivity index (χ0) is 22.1. The van der Waals surface area contributed by atoms with Crippen LogP contribution in [0.25, 0.3) is 0 Å². The Labute approximate surface area is 163 Å². The van der Waals surface area contributed by atoms with Crippen molar-refractivity contribution in [2.75, 3.05) is 5.32 Å². The Hall–Kier alpha value is -2.91. The maximum atomic E-state index is 14.5. The minimum atomic E-state index is -4.15. The second-order valence-corrected chi connectivity index (χ2v) is 6.87. The standard InChI is InChI=1S/C19H20F5N3O2/c1-10-7-13(5-6-14(10)20)26-16(28)12-8-15(27(4)9-12)19(23,24)17(29)25-11(2)18(3,21)22/h5-9,11H,1-4H3,(H,25,29)(H,26,28). The van der Waals surface area contributed by atoms with E-state index in [0.717, 1.165) is 29.8 Å². The summed E-state index contributed by atoms with van der Waals surface area (Å²) in [5, 5.41) is 4.02. The average Bonchev–Trinajstić information content (AvgIpc) is 3.00. The number of nitrogens with one attached hydrogen (secondary N) is 2. The Kier molecular flexibility index (Phi) is 6.05. The molecule has 158 valence electrons. The highest BCUT2D eigenvalue weighted by Gasteiger charge is 2.46. The SMILES string of the molecule is Cc1cc(NC(=O)c2cc(C(F)(F)C(=O)NC(C)C(C)(F)F)n(C)c2)ccc1F. The van der Waals surface area contributed by atoms with E-state index in [1.807, 2.05) is 0 Å². The molecule has 0 saturated heterocycles. The lowest BCUT2D eigenvalue weighted by molar-refractivity contribution is -0.151. The topological polar surface area (TPSA) is 63.1 Å². The van der Waals surface area contributed by atoms with Crippen molar-refractivity contribution in [1.29, 1.82) is 0 Å². The molecule has 5 nitrogen and oxygen atoms in total. The third-order valence-corrected chi connectivity index (χ3v) is 4.40. The molecule has 1 atom stereocenters. The molecule has 0 bridgehead atoms. The van der Waals surface area contributed by atoms with Gasteiger partial charge in [-0.15, -0.1) is 0 Å². The van der Waals surface area contributed by atoms with Gasteiger partial charge in [0.2, 0.25) is 0 Å². The number of aromatic nitrogens is 1. The molecule has 0 aliphatic heterocycles. The predicted octanol–water partition coefficient (Wildman–Crippen LogP) is 3.98. The van der Waals surface area contributed by atoms with Crippen LogP contribution in [0.3, 0.4) is 0 Å². The van der Waals surface area contributed by atoms with Crippen LogP contribution in [0.5, 0.6) is 0 Å². The van der Waals surface area contributed by atoms with Gasteiger partial charge in [0.05, 0.1) is 17.3 Å². The maximum Gasteiger partial charge on any atom is 0.364 e. The number of aryl methyl sites for hydroxylation is 2. The number of carbonyl (C=O) groups excluding carboxylic acids is 2. The molecular formula is C19H20F5N3O2. The second kappa shape index (κ2) is 7.84. The third kappa shape index (κ3) is 4.93. The van der Waals surface area contributed by atoms with Gasteiger partial charge in [0, 0.05) is 25.9 Å². The van der Waals surface area contributed by atoms with Gasteiger partial charge in [0.1, 0.15) is 5.82 Å². The van der Waals surface area contributed by atoms with Gasteiger partial charge in [-0.1, -0.05) is 0 Å². The first-order valence-electron chi connectivity index (χ1n) is 8.54. The zero-order valence-corrected chi connectivity index (χ0v) is 16.1. The van der Waals surface area contributed by atoms with Crippen LogP contribution < -0.4 is 10.6 Å². The van der Waals surface area contributed by atoms with E-state index in [9.17, 15) is 31.5 Å². The molecule has 0 fully saturated rings. The largest absolute Gasteiger partial charge is 0.364 e. The van der Waals surface area contributed by atoms with Gasteiger partial charge in [-0.05, 0) is 43.7 Å². The van der Waals surface area contributed by atoms with E-state index in [1.165, 1.54) is 26.1 Å². The fourth-order valence-electron chi connectivity index (χ4n) is 2.46. The van der Waals surface area contributed by atoms with Gasteiger partial charge in [0.15, 0.2) is 0 Å². The quantitative estimate of drug-likeness (QED) is 0.699. The van der Waals surface area contributed by atoms with Crippen LogP contribution in [0.15, 0.2) is 30.5 Å². The van der Waals surface area contributed by atoms with Crippen molar-refractivity contribution >= 4 is 17.5 Å². The van der Waals surface area contributed by atoms with Crippen molar-refractivity contribution in [3.05, 3.63) is 53.1 Å². The number of halogens is 5. The van der Waals surface area contributed by atoms with Crippen molar-refractivity contribution in [3.8, 4) is 0 Å². The van der Waals surface area contributed by atoms with Gasteiger partial charge >= 0.3 is 5.92 Å². The number of alkyl halides is 4. The Bertz CT molecular complexity index is 934. The first-order chi connectivity index (χ1) is 13.2. The second-order valence-electron chi connectivity index (χ2n) is 6.87. The normalized spacial score (nSPS) is 13.1. The van der Waals surface area contributed by atoms with Crippen LogP contribution in [-0.2, 0) is 17.8 Å². The molecule has 1 unspecified atom stereocenters. The number of benzene rings is 1. The lowest BCUT2D eigenvalue weighted by Gasteiger charge is -2.24. The molecule has 2 amide bonds. The van der Waals surface area contributed by atoms with Gasteiger partial charge in [-0.2, -0.15) is 8.78 Å². The number of rotatable bonds is 6. The monoisotopic (exact) mass is 417 g/mol. The summed E-state index contributed by atoms with van der Waals surface area (Å²) in [4.78, 5) is 24.2. The van der Waals surface area contributed by atoms with Crippen LogP contribution in [0.2, 0.25) is 0 Å². The zero-order valence-electron chi connectivity index (χ0n) is 16.1. The van der Waals surface area contributed by atoms with Gasteiger partial charge < -0.3 is 15.2 Å². The first-order valence-corrected chi connectivity index (χ1v) is 8.54. The molecule has 1 aromatic carbocycles. The summed E-state index contributed by atoms with van der Waals surface area (Å²) in [6.07, 6.45) is 1.07. The predicted molar refractivity (Wildman–Crippen MR) is 96.6 cm³/mol. The number of carbonyl (C=O) groups is 2. The summed E-state index contributed by atoms with van der Waals surface area (Å²) in [6.45, 7) is 2.90. The molecule has 0 radical (unpaired) electrons. The summed E-state index contributed by atoms with van der Waals surface area (Å²) >= 11 is 0. The Morgan fingerprint density at radius 1 is 1.14 bits per heavy atom. The van der Waals surface area contributed by atoms with Gasteiger partial charge in [-0.3, -0.25) is 9.59 Å². The minimum absolute atomic E-state index is 0.189. The number of anilines is 1. The van der Waals surface area contributed by atoms with Crippen molar-refractivity contribution in [1.82, 2.24) is 9.88 Å². The molecule has 2 N–H and O–H groups in total. The molecule has 2 rings (SSSR count). The van der Waals surface area contributed by atoms with Crippen LogP contribution in [0.4, 0.5) is 27.6 Å². The Morgan fingerprint density at radius 3 is 2.31 bits per heavy atom. The summed E-state index contributed by atoms with van der Waals surface area (Å²) in [7, 11) is 1.19. The molecule has 0 spiro atoms. The number of hydrogen-bond donors (Lipinski definition) is 2. The van der Waals surface area contributed by atoms with E-state index < -0.39 is 41.2 Å². The van der Waals surface area contributed by atoms with Gasteiger partial charge in [-0.25, -0.2) is 13.2 Å². The lowest BCUT2D eigenvalue weighted by atomic mass is 10.1. The summed E-state index contributed by atoms with van der Waals surface area (Å²) in [5.41, 5.74) is -0.503. The number of amides is 2. The highest BCUT2D eigenvalue weighted by Crippen LogP contribution is 2.31. The van der Waals surface area contributed by atoms with E-state index in [-0.39, 0.29) is 16.8 Å². The van der Waals surface area contributed by atoms with Crippen molar-refractivity contribution < 1.29 is 31.5 Å². The fourth-order valence-corrected chi connectivity index (χ4v) is 2.46. The average molecular weight is 417 g/mol. The van der Waals surface area contributed by atoms with Gasteiger partial charge in [0.25, 0.3) is 17.7 Å². The summed E-state index contributed by atoms with van der Waals surface area (Å²) in [6, 6.07) is 2.79. The lowest BCUT2D eigenvalue weighted by Crippen LogP contribution is -2.49. The highest BCUT2D eigenvalue weighted by atomic mass is 19.3. The molecular weight excluding hydrogens is 397 g/mol. The van der Waals surface area contributed by atoms with E-state index in [2.05, 4.69) is 5.32 Å². The molecule has 10 heteroatoms. The molecule has 0 aliphatic carbocycles. The molecule has 0 saturated carbocycles. The third-order valence-electron chi connectivity index (χ3n) is 4.40. The Balaban J connectivity index is 2.22. The molecule has 0 aliphatic rings. The van der Waals surface area contributed by atoms with E-state index in [4.69, 9.17) is 0 Å². The molecule has 1 aromatic heterocycles. The molecule has 2 aromatic rings. The molecule has 29 heavy (non-hydrogen) atoms. The Morgan fingerprint density at radius 2 is 1.76 bits per heavy atom. The van der Waals surface area contributed by atoms with Crippen molar-refractivity contribution in [2.24, 2.45) is 7.05 Å². The maximum absolute atomic E-state index is 14.5. The fraction of sp³-hybridized carbons (Fsp3) is 0.368. The molecule has 1 heterocycles. The smallest absolute Gasteiger partial charge is 0.348 e. The number of hydrogen-bond acceptors (Lipinski definition) is 2. The summed E-state index contributed by atoms with van der Waals surface area (Å²) in [5.74, 6) is -10.7. The minimum Gasteiger partial charge on any atom is -0.348 e. The number of nitrogens with zero attached hydrogens (tertiary/aromatic N) is 1. The van der Waals surface area contributed by atoms with E-state index in [1.54, 1.807) is 5.32 Å². The van der Waals surface area contributed by atoms with Crippen LogP contribution in [0.1, 0.15) is 35.5 Å². The van der Waals surface area contributed by atoms with Crippen LogP contribution >= 0.6 is 0 Å². The van der Waals surface area contributed by atoms with E-state index >= 15 is 0 Å². The van der Waals surface area contributed by atoms with Crippen molar-refractivity contribution in [2.45, 2.75) is 38.7 Å². The van der Waals surface area contributed by atoms with Crippen LogP contribution in [-0.4, -0.2) is 28.3 Å². The highest BCUT2D eigenvalue weighted by molar-refractivity contribution is 6.04. The van der Waals surface area contributed by atoms with E-state index in [0.29, 0.717) is 6.92 Å².